The highest BCUT2D eigenvalue weighted by molar-refractivity contribution is 6.14. The number of quaternary nitrogens is 1. The van der Waals surface area contributed by atoms with Gasteiger partial charge in [-0.2, -0.15) is 0 Å². The molecule has 5 heteroatoms. The molecule has 0 saturated carbocycles. The topological polar surface area (TPSA) is 47.8 Å². The number of ketones is 1. The van der Waals surface area contributed by atoms with Crippen LogP contribution in [-0.2, 0) is 4.74 Å². The number of likely N-dealkylation sites (tertiary alicyclic amines) is 1. The Bertz CT molecular complexity index is 778. The average Bonchev–Trinajstić information content (AvgIpc) is 2.72. The van der Waals surface area contributed by atoms with Crippen LogP contribution in [0.3, 0.4) is 0 Å². The van der Waals surface area contributed by atoms with Gasteiger partial charge in [0.05, 0.1) is 31.3 Å². The molecule has 2 unspecified atom stereocenters. The second kappa shape index (κ2) is 11.0. The van der Waals surface area contributed by atoms with Crippen LogP contribution in [0.2, 0.25) is 0 Å². The third kappa shape index (κ3) is 5.66. The van der Waals surface area contributed by atoms with Crippen molar-refractivity contribution in [1.82, 2.24) is 0 Å². The van der Waals surface area contributed by atoms with E-state index in [9.17, 15) is 9.59 Å². The maximum Gasteiger partial charge on any atom is 0.338 e. The predicted octanol–water partition coefficient (Wildman–Crippen LogP) is -0.0742. The van der Waals surface area contributed by atoms with Crippen molar-refractivity contribution in [3.8, 4) is 0 Å². The highest BCUT2D eigenvalue weighted by Crippen LogP contribution is 2.16. The molecule has 3 rings (SSSR count). The van der Waals surface area contributed by atoms with Gasteiger partial charge in [-0.3, -0.25) is 4.79 Å². The van der Waals surface area contributed by atoms with Crippen molar-refractivity contribution < 1.29 is 31.6 Å². The lowest BCUT2D eigenvalue weighted by atomic mass is 9.98. The quantitative estimate of drug-likeness (QED) is 0.401. The van der Waals surface area contributed by atoms with E-state index in [1.54, 1.807) is 41.3 Å². The van der Waals surface area contributed by atoms with Gasteiger partial charge in [0.1, 0.15) is 0 Å². The largest absolute Gasteiger partial charge is 1.00 e. The molecular weight excluding hydrogens is 374 g/mol. The van der Waals surface area contributed by atoms with Gasteiger partial charge in [-0.05, 0) is 32.3 Å². The van der Waals surface area contributed by atoms with Crippen molar-refractivity contribution in [1.29, 1.82) is 0 Å². The molecule has 0 spiro atoms. The number of hydrogen-bond donors (Lipinski definition) is 1. The van der Waals surface area contributed by atoms with Crippen molar-refractivity contribution >= 4 is 11.8 Å². The molecule has 28 heavy (non-hydrogen) atoms. The lowest BCUT2D eigenvalue weighted by Gasteiger charge is -2.30. The standard InChI is InChI=1S/C23H27NO3.ClH/c1-18-10-7-8-15-24(18)16-9-17-27-23(26)21-14-6-5-13-20(21)22(25)19-11-3-2-4-12-19;/h2-6,11-14,18H,7-10,15-17H2,1H3;1H. The Kier molecular flexibility index (Phi) is 8.68. The van der Waals surface area contributed by atoms with Gasteiger partial charge in [0.25, 0.3) is 0 Å². The van der Waals surface area contributed by atoms with E-state index in [2.05, 4.69) is 6.92 Å². The van der Waals surface area contributed by atoms with Crippen molar-refractivity contribution in [2.24, 2.45) is 0 Å². The van der Waals surface area contributed by atoms with E-state index in [-0.39, 0.29) is 18.2 Å². The number of piperidine rings is 1. The van der Waals surface area contributed by atoms with Crippen molar-refractivity contribution in [2.75, 3.05) is 19.7 Å². The first-order valence-corrected chi connectivity index (χ1v) is 9.87. The van der Waals surface area contributed by atoms with Crippen LogP contribution in [0.4, 0.5) is 0 Å². The average molecular weight is 402 g/mol. The molecule has 1 aliphatic rings. The van der Waals surface area contributed by atoms with Gasteiger partial charge in [-0.15, -0.1) is 0 Å². The molecule has 2 atom stereocenters. The zero-order chi connectivity index (χ0) is 19.1. The smallest absolute Gasteiger partial charge is 0.338 e. The number of carbonyl (C=O) groups is 2. The summed E-state index contributed by atoms with van der Waals surface area (Å²) < 4.78 is 5.48. The first-order valence-electron chi connectivity index (χ1n) is 9.87. The van der Waals surface area contributed by atoms with Gasteiger partial charge in [0.2, 0.25) is 0 Å². The minimum atomic E-state index is -0.420. The van der Waals surface area contributed by atoms with Crippen molar-refractivity contribution in [3.63, 3.8) is 0 Å². The summed E-state index contributed by atoms with van der Waals surface area (Å²) in [6.07, 6.45) is 4.74. The third-order valence-corrected chi connectivity index (χ3v) is 5.38. The highest BCUT2D eigenvalue weighted by Gasteiger charge is 2.22. The normalized spacial score (nSPS) is 18.8. The first-order chi connectivity index (χ1) is 13.2. The second-order valence-electron chi connectivity index (χ2n) is 7.29. The van der Waals surface area contributed by atoms with Gasteiger partial charge in [-0.25, -0.2) is 4.79 Å². The van der Waals surface area contributed by atoms with E-state index in [4.69, 9.17) is 4.74 Å². The van der Waals surface area contributed by atoms with Crippen LogP contribution in [-0.4, -0.2) is 37.5 Å². The fourth-order valence-electron chi connectivity index (χ4n) is 3.77. The van der Waals surface area contributed by atoms with Gasteiger partial charge in [0.15, 0.2) is 5.78 Å². The zero-order valence-electron chi connectivity index (χ0n) is 16.3. The lowest BCUT2D eigenvalue weighted by Crippen LogP contribution is -3.16. The van der Waals surface area contributed by atoms with Crippen molar-refractivity contribution in [3.05, 3.63) is 71.3 Å². The van der Waals surface area contributed by atoms with E-state index in [1.165, 1.54) is 25.8 Å². The van der Waals surface area contributed by atoms with Crippen LogP contribution in [0.25, 0.3) is 0 Å². The Morgan fingerprint density at radius 1 is 1.00 bits per heavy atom. The fourth-order valence-corrected chi connectivity index (χ4v) is 3.77. The molecule has 1 N–H and O–H groups in total. The van der Waals surface area contributed by atoms with Gasteiger partial charge < -0.3 is 22.0 Å². The molecule has 2 aromatic rings. The molecule has 0 amide bonds. The molecule has 0 radical (unpaired) electrons. The first kappa shape index (κ1) is 22.1. The number of halogens is 1. The summed E-state index contributed by atoms with van der Waals surface area (Å²) in [6, 6.07) is 16.6. The zero-order valence-corrected chi connectivity index (χ0v) is 17.1. The third-order valence-electron chi connectivity index (χ3n) is 5.38. The van der Waals surface area contributed by atoms with Gasteiger partial charge >= 0.3 is 5.97 Å². The fraction of sp³-hybridized carbons (Fsp3) is 0.391. The SMILES string of the molecule is CC1CCCC[NH+]1CCCOC(=O)c1ccccc1C(=O)c1ccccc1.[Cl-]. The molecule has 1 aliphatic heterocycles. The maximum atomic E-state index is 12.7. The van der Waals surface area contributed by atoms with Crippen LogP contribution in [0.5, 0.6) is 0 Å². The molecule has 0 bridgehead atoms. The number of hydrogen-bond acceptors (Lipinski definition) is 3. The van der Waals surface area contributed by atoms with E-state index >= 15 is 0 Å². The number of ether oxygens (including phenoxy) is 1. The summed E-state index contributed by atoms with van der Waals surface area (Å²) in [7, 11) is 0. The Labute approximate surface area is 173 Å². The molecule has 1 heterocycles. The van der Waals surface area contributed by atoms with E-state index < -0.39 is 5.97 Å². The molecule has 0 aliphatic carbocycles. The number of rotatable bonds is 7. The van der Waals surface area contributed by atoms with Crippen LogP contribution in [0.15, 0.2) is 54.6 Å². The summed E-state index contributed by atoms with van der Waals surface area (Å²) in [5, 5.41) is 0. The Balaban J connectivity index is 0.00000280. The van der Waals surface area contributed by atoms with E-state index in [0.29, 0.717) is 29.3 Å². The molecule has 4 nitrogen and oxygen atoms in total. The number of benzene rings is 2. The Hall–Kier alpha value is -2.17. The maximum absolute atomic E-state index is 12.7. The lowest BCUT2D eigenvalue weighted by molar-refractivity contribution is -0.928. The van der Waals surface area contributed by atoms with Crippen molar-refractivity contribution in [2.45, 2.75) is 38.6 Å². The van der Waals surface area contributed by atoms with E-state index in [1.807, 2.05) is 18.2 Å². The van der Waals surface area contributed by atoms with Crippen LogP contribution < -0.4 is 17.3 Å². The Morgan fingerprint density at radius 3 is 2.39 bits per heavy atom. The molecular formula is C23H28ClNO3. The van der Waals surface area contributed by atoms with Gasteiger partial charge in [-0.1, -0.05) is 48.5 Å². The van der Waals surface area contributed by atoms with Crippen LogP contribution in [0, 0.1) is 0 Å². The number of esters is 1. The van der Waals surface area contributed by atoms with E-state index in [0.717, 1.165) is 13.0 Å². The summed E-state index contributed by atoms with van der Waals surface area (Å²) in [5.74, 6) is -0.577. The summed E-state index contributed by atoms with van der Waals surface area (Å²) in [6.45, 7) is 4.93. The monoisotopic (exact) mass is 401 g/mol. The minimum Gasteiger partial charge on any atom is -1.00 e. The highest BCUT2D eigenvalue weighted by atomic mass is 35.5. The van der Waals surface area contributed by atoms with Crippen LogP contribution >= 0.6 is 0 Å². The number of carbonyl (C=O) groups excluding carboxylic acids is 2. The molecule has 0 aromatic heterocycles. The molecule has 2 aromatic carbocycles. The molecule has 150 valence electrons. The predicted molar refractivity (Wildman–Crippen MR) is 105 cm³/mol. The van der Waals surface area contributed by atoms with Crippen LogP contribution in [0.1, 0.15) is 58.9 Å². The molecule has 1 saturated heterocycles. The molecule has 1 fully saturated rings. The second-order valence-corrected chi connectivity index (χ2v) is 7.29. The summed E-state index contributed by atoms with van der Waals surface area (Å²) >= 11 is 0. The van der Waals surface area contributed by atoms with Gasteiger partial charge in [0, 0.05) is 17.5 Å². The number of nitrogens with one attached hydrogen (secondary N) is 1. The Morgan fingerprint density at radius 2 is 1.68 bits per heavy atom. The summed E-state index contributed by atoms with van der Waals surface area (Å²) in [5.41, 5.74) is 1.30. The minimum absolute atomic E-state index is 0. The summed E-state index contributed by atoms with van der Waals surface area (Å²) in [4.78, 5) is 26.9.